The highest BCUT2D eigenvalue weighted by Gasteiger charge is 2.20. The van der Waals surface area contributed by atoms with E-state index in [9.17, 15) is 9.59 Å². The van der Waals surface area contributed by atoms with Crippen molar-refractivity contribution in [2.24, 2.45) is 0 Å². The number of carbonyl (C=O) groups is 2. The SMILES string of the molecule is O=C(Nc1ccccc1Cl)C(=Cc1cnc(-c2ccccc2)nc1)C(=O)Nc1ccccc1Cl. The summed E-state index contributed by atoms with van der Waals surface area (Å²) < 4.78 is 0. The van der Waals surface area contributed by atoms with Crippen LogP contribution in [0.2, 0.25) is 10.0 Å². The van der Waals surface area contributed by atoms with E-state index >= 15 is 0 Å². The summed E-state index contributed by atoms with van der Waals surface area (Å²) in [6, 6.07) is 23.0. The lowest BCUT2D eigenvalue weighted by Crippen LogP contribution is -2.25. The maximum Gasteiger partial charge on any atom is 0.261 e. The summed E-state index contributed by atoms with van der Waals surface area (Å²) in [7, 11) is 0. The van der Waals surface area contributed by atoms with Crippen molar-refractivity contribution in [1.82, 2.24) is 9.97 Å². The average Bonchev–Trinajstić information content (AvgIpc) is 2.86. The van der Waals surface area contributed by atoms with Crippen molar-refractivity contribution in [3.8, 4) is 11.4 Å². The number of aromatic nitrogens is 2. The van der Waals surface area contributed by atoms with Crippen molar-refractivity contribution < 1.29 is 9.59 Å². The number of halogens is 2. The molecule has 0 bridgehead atoms. The van der Waals surface area contributed by atoms with Gasteiger partial charge in [0.1, 0.15) is 5.57 Å². The number of rotatable bonds is 6. The first kappa shape index (κ1) is 23.2. The van der Waals surface area contributed by atoms with Crippen molar-refractivity contribution in [2.75, 3.05) is 10.6 Å². The Morgan fingerprint density at radius 3 is 1.65 bits per heavy atom. The van der Waals surface area contributed by atoms with E-state index in [0.717, 1.165) is 5.56 Å². The van der Waals surface area contributed by atoms with Gasteiger partial charge in [-0.05, 0) is 30.3 Å². The minimum atomic E-state index is -0.648. The monoisotopic (exact) mass is 488 g/mol. The predicted molar refractivity (Wildman–Crippen MR) is 136 cm³/mol. The van der Waals surface area contributed by atoms with E-state index < -0.39 is 11.8 Å². The van der Waals surface area contributed by atoms with Gasteiger partial charge in [-0.1, -0.05) is 77.8 Å². The zero-order chi connectivity index (χ0) is 23.9. The van der Waals surface area contributed by atoms with Crippen LogP contribution < -0.4 is 10.6 Å². The molecule has 4 rings (SSSR count). The lowest BCUT2D eigenvalue weighted by Gasteiger charge is -2.12. The van der Waals surface area contributed by atoms with Crippen LogP contribution >= 0.6 is 23.2 Å². The van der Waals surface area contributed by atoms with E-state index in [4.69, 9.17) is 23.2 Å². The van der Waals surface area contributed by atoms with Crippen LogP contribution in [0.5, 0.6) is 0 Å². The number of hydrogen-bond donors (Lipinski definition) is 2. The van der Waals surface area contributed by atoms with Gasteiger partial charge in [-0.3, -0.25) is 9.59 Å². The van der Waals surface area contributed by atoms with Crippen LogP contribution in [0.1, 0.15) is 5.56 Å². The van der Waals surface area contributed by atoms with Crippen molar-refractivity contribution >= 4 is 52.5 Å². The average molecular weight is 489 g/mol. The fourth-order valence-electron chi connectivity index (χ4n) is 3.05. The Morgan fingerprint density at radius 2 is 1.15 bits per heavy atom. The van der Waals surface area contributed by atoms with Gasteiger partial charge < -0.3 is 10.6 Å². The first-order chi connectivity index (χ1) is 16.5. The minimum Gasteiger partial charge on any atom is -0.320 e. The Kier molecular flexibility index (Phi) is 7.32. The van der Waals surface area contributed by atoms with Crippen LogP contribution in [0.25, 0.3) is 17.5 Å². The molecular formula is C26H18Cl2N4O2. The molecule has 0 saturated carbocycles. The lowest BCUT2D eigenvalue weighted by atomic mass is 10.1. The fraction of sp³-hybridized carbons (Fsp3) is 0. The molecule has 6 nitrogen and oxygen atoms in total. The summed E-state index contributed by atoms with van der Waals surface area (Å²) >= 11 is 12.3. The van der Waals surface area contributed by atoms with Gasteiger partial charge in [0.05, 0.1) is 21.4 Å². The normalized spacial score (nSPS) is 10.3. The van der Waals surface area contributed by atoms with E-state index in [-0.39, 0.29) is 5.57 Å². The van der Waals surface area contributed by atoms with Crippen molar-refractivity contribution in [1.29, 1.82) is 0 Å². The van der Waals surface area contributed by atoms with Gasteiger partial charge in [0.15, 0.2) is 5.82 Å². The van der Waals surface area contributed by atoms with Gasteiger partial charge in [0.2, 0.25) is 0 Å². The maximum atomic E-state index is 13.1. The summed E-state index contributed by atoms with van der Waals surface area (Å²) in [6.07, 6.45) is 4.49. The number of benzene rings is 3. The van der Waals surface area contributed by atoms with Gasteiger partial charge in [-0.25, -0.2) is 9.97 Å². The summed E-state index contributed by atoms with van der Waals surface area (Å²) in [5.74, 6) is -0.769. The zero-order valence-electron chi connectivity index (χ0n) is 17.7. The Balaban J connectivity index is 1.65. The van der Waals surface area contributed by atoms with Crippen molar-refractivity contribution in [2.45, 2.75) is 0 Å². The van der Waals surface area contributed by atoms with Crippen molar-refractivity contribution in [3.05, 3.63) is 112 Å². The molecule has 0 aliphatic heterocycles. The number of para-hydroxylation sites is 2. The molecule has 4 aromatic rings. The van der Waals surface area contributed by atoms with Gasteiger partial charge in [0, 0.05) is 23.5 Å². The van der Waals surface area contributed by atoms with E-state index in [2.05, 4.69) is 20.6 Å². The lowest BCUT2D eigenvalue weighted by molar-refractivity contribution is -0.118. The number of hydrogen-bond acceptors (Lipinski definition) is 4. The molecule has 3 aromatic carbocycles. The molecule has 0 unspecified atom stereocenters. The molecule has 1 heterocycles. The zero-order valence-corrected chi connectivity index (χ0v) is 19.2. The van der Waals surface area contributed by atoms with Gasteiger partial charge >= 0.3 is 0 Å². The summed E-state index contributed by atoms with van der Waals surface area (Å²) in [5, 5.41) is 6.04. The number of nitrogens with one attached hydrogen (secondary N) is 2. The highest BCUT2D eigenvalue weighted by atomic mass is 35.5. The minimum absolute atomic E-state index is 0.170. The van der Waals surface area contributed by atoms with Crippen molar-refractivity contribution in [3.63, 3.8) is 0 Å². The molecule has 0 radical (unpaired) electrons. The molecule has 34 heavy (non-hydrogen) atoms. The molecule has 2 N–H and O–H groups in total. The molecule has 2 amide bonds. The van der Waals surface area contributed by atoms with Crippen LogP contribution in [0, 0.1) is 0 Å². The molecule has 0 atom stereocenters. The second kappa shape index (κ2) is 10.7. The highest BCUT2D eigenvalue weighted by Crippen LogP contribution is 2.24. The van der Waals surface area contributed by atoms with E-state index in [1.165, 1.54) is 6.08 Å². The molecule has 0 aliphatic rings. The van der Waals surface area contributed by atoms with Gasteiger partial charge in [-0.15, -0.1) is 0 Å². The summed E-state index contributed by atoms with van der Waals surface area (Å²) in [5.41, 5.74) is 1.91. The largest absolute Gasteiger partial charge is 0.320 e. The predicted octanol–water partition coefficient (Wildman–Crippen LogP) is 6.11. The van der Waals surface area contributed by atoms with Crippen LogP contribution in [-0.2, 0) is 9.59 Å². The Bertz CT molecular complexity index is 1300. The number of nitrogens with zero attached hydrogens (tertiary/aromatic N) is 2. The Morgan fingerprint density at radius 1 is 0.676 bits per heavy atom. The molecule has 0 spiro atoms. The summed E-state index contributed by atoms with van der Waals surface area (Å²) in [6.45, 7) is 0. The first-order valence-electron chi connectivity index (χ1n) is 10.2. The smallest absolute Gasteiger partial charge is 0.261 e. The molecule has 168 valence electrons. The second-order valence-electron chi connectivity index (χ2n) is 7.13. The molecule has 0 saturated heterocycles. The number of amides is 2. The van der Waals surface area contributed by atoms with Gasteiger partial charge in [0.25, 0.3) is 11.8 Å². The molecular weight excluding hydrogens is 471 g/mol. The molecule has 8 heteroatoms. The third-order valence-corrected chi connectivity index (χ3v) is 5.41. The first-order valence-corrected chi connectivity index (χ1v) is 11.0. The van der Waals surface area contributed by atoms with Crippen LogP contribution in [-0.4, -0.2) is 21.8 Å². The van der Waals surface area contributed by atoms with Gasteiger partial charge in [-0.2, -0.15) is 0 Å². The number of carbonyl (C=O) groups excluding carboxylic acids is 2. The fourth-order valence-corrected chi connectivity index (χ4v) is 3.42. The van der Waals surface area contributed by atoms with E-state index in [1.807, 2.05) is 30.3 Å². The topological polar surface area (TPSA) is 84.0 Å². The quantitative estimate of drug-likeness (QED) is 0.194. The number of anilines is 2. The standard InChI is InChI=1S/C26H18Cl2N4O2/c27-20-10-4-6-12-22(20)31-25(33)19(26(34)32-23-13-7-5-11-21(23)28)14-17-15-29-24(30-16-17)18-8-2-1-3-9-18/h1-16H,(H,31,33)(H,32,34). The maximum absolute atomic E-state index is 13.1. The van der Waals surface area contributed by atoms with E-state index in [1.54, 1.807) is 60.9 Å². The molecule has 1 aromatic heterocycles. The summed E-state index contributed by atoms with van der Waals surface area (Å²) in [4.78, 5) is 34.9. The van der Waals surface area contributed by atoms with Crippen LogP contribution in [0.3, 0.4) is 0 Å². The highest BCUT2D eigenvalue weighted by molar-refractivity contribution is 6.36. The third kappa shape index (κ3) is 5.67. The van der Waals surface area contributed by atoms with E-state index in [0.29, 0.717) is 32.8 Å². The third-order valence-electron chi connectivity index (χ3n) is 4.75. The van der Waals surface area contributed by atoms with Crippen LogP contribution in [0.4, 0.5) is 11.4 Å². The Labute approximate surface area is 206 Å². The molecule has 0 fully saturated rings. The Hall–Kier alpha value is -4.00. The molecule has 0 aliphatic carbocycles. The second-order valence-corrected chi connectivity index (χ2v) is 7.95. The van der Waals surface area contributed by atoms with Crippen LogP contribution in [0.15, 0.2) is 96.8 Å².